The van der Waals surface area contributed by atoms with Crippen molar-refractivity contribution < 1.29 is 4.79 Å². The Labute approximate surface area is 172 Å². The Kier molecular flexibility index (Phi) is 6.20. The van der Waals surface area contributed by atoms with Crippen LogP contribution in [-0.2, 0) is 0 Å². The molecule has 0 atom stereocenters. The van der Waals surface area contributed by atoms with E-state index in [9.17, 15) is 4.79 Å². The average molecular weight is 401 g/mol. The second-order valence-corrected chi connectivity index (χ2v) is 8.39. The van der Waals surface area contributed by atoms with Gasteiger partial charge in [-0.3, -0.25) is 4.98 Å². The number of hydrogen-bond acceptors (Lipinski definition) is 3. The van der Waals surface area contributed by atoms with E-state index < -0.39 is 0 Å². The summed E-state index contributed by atoms with van der Waals surface area (Å²) in [5.74, 6) is 0. The Morgan fingerprint density at radius 3 is 2.46 bits per heavy atom. The lowest BCUT2D eigenvalue weighted by molar-refractivity contribution is 0.187. The Balaban J connectivity index is 1.36. The van der Waals surface area contributed by atoms with Gasteiger partial charge in [-0.1, -0.05) is 43.7 Å². The van der Waals surface area contributed by atoms with Gasteiger partial charge in [-0.15, -0.1) is 0 Å². The number of carbonyl (C=O) groups excluding carboxylic acids is 1. The van der Waals surface area contributed by atoms with Crippen LogP contribution in [0.1, 0.15) is 44.9 Å². The molecule has 5 nitrogen and oxygen atoms in total. The van der Waals surface area contributed by atoms with E-state index in [1.54, 1.807) is 0 Å². The zero-order chi connectivity index (χ0) is 19.3. The average Bonchev–Trinajstić information content (AvgIpc) is 2.69. The molecule has 0 unspecified atom stereocenters. The highest BCUT2D eigenvalue weighted by molar-refractivity contribution is 6.31. The quantitative estimate of drug-likeness (QED) is 0.785. The van der Waals surface area contributed by atoms with Gasteiger partial charge in [-0.05, 0) is 37.1 Å². The molecule has 1 N–H and O–H groups in total. The third kappa shape index (κ3) is 4.52. The van der Waals surface area contributed by atoms with Crippen LogP contribution in [0.2, 0.25) is 5.02 Å². The van der Waals surface area contributed by atoms with E-state index in [4.69, 9.17) is 11.6 Å². The molecule has 1 aromatic heterocycles. The van der Waals surface area contributed by atoms with Crippen LogP contribution in [0, 0.1) is 0 Å². The summed E-state index contributed by atoms with van der Waals surface area (Å²) in [6.07, 6.45) is 10.5. The predicted octanol–water partition coefficient (Wildman–Crippen LogP) is 4.83. The largest absolute Gasteiger partial charge is 0.367 e. The fourth-order valence-corrected chi connectivity index (χ4v) is 4.57. The van der Waals surface area contributed by atoms with Crippen molar-refractivity contribution in [1.82, 2.24) is 15.2 Å². The summed E-state index contributed by atoms with van der Waals surface area (Å²) in [6, 6.07) is 8.36. The first-order valence-electron chi connectivity index (χ1n) is 10.6. The zero-order valence-electron chi connectivity index (χ0n) is 16.4. The van der Waals surface area contributed by atoms with E-state index in [0.717, 1.165) is 49.9 Å². The minimum atomic E-state index is 0.108. The van der Waals surface area contributed by atoms with Gasteiger partial charge in [-0.25, -0.2) is 4.79 Å². The lowest BCUT2D eigenvalue weighted by atomic mass is 9.97. The Bertz CT molecular complexity index is 811. The fraction of sp³-hybridized carbons (Fsp3) is 0.545. The van der Waals surface area contributed by atoms with Crippen molar-refractivity contribution >= 4 is 34.2 Å². The number of benzene rings is 1. The van der Waals surface area contributed by atoms with E-state index >= 15 is 0 Å². The molecule has 2 aromatic rings. The molecule has 28 heavy (non-hydrogen) atoms. The van der Waals surface area contributed by atoms with Crippen LogP contribution in [0.5, 0.6) is 0 Å². The number of aromatic nitrogens is 1. The molecule has 6 heteroatoms. The standard InChI is InChI=1S/C22H29ClN4O/c23-17-8-9-19-20(16-17)24-11-10-21(19)26-12-14-27(15-13-26)22(28)25-18-6-4-2-1-3-5-7-18/h8-11,16,18H,1-7,12-15H2,(H,25,28). The van der Waals surface area contributed by atoms with Gasteiger partial charge < -0.3 is 15.1 Å². The predicted molar refractivity (Wildman–Crippen MR) is 115 cm³/mol. The number of nitrogens with zero attached hydrogens (tertiary/aromatic N) is 3. The third-order valence-corrected chi connectivity index (χ3v) is 6.26. The molecule has 2 fully saturated rings. The number of nitrogens with one attached hydrogen (secondary N) is 1. The van der Waals surface area contributed by atoms with Gasteiger partial charge in [0.15, 0.2) is 0 Å². The highest BCUT2D eigenvalue weighted by Crippen LogP contribution is 2.28. The molecular formula is C22H29ClN4O. The van der Waals surface area contributed by atoms with E-state index in [1.807, 2.05) is 29.3 Å². The smallest absolute Gasteiger partial charge is 0.317 e. The minimum Gasteiger partial charge on any atom is -0.367 e. The number of fused-ring (bicyclic) bond motifs is 1. The summed E-state index contributed by atoms with van der Waals surface area (Å²) >= 11 is 6.11. The van der Waals surface area contributed by atoms with Crippen molar-refractivity contribution in [3.8, 4) is 0 Å². The van der Waals surface area contributed by atoms with Gasteiger partial charge in [0.05, 0.1) is 5.52 Å². The molecule has 1 saturated heterocycles. The summed E-state index contributed by atoms with van der Waals surface area (Å²) in [7, 11) is 0. The Hall–Kier alpha value is -2.01. The lowest BCUT2D eigenvalue weighted by Gasteiger charge is -2.37. The monoisotopic (exact) mass is 400 g/mol. The van der Waals surface area contributed by atoms with Gasteiger partial charge in [0, 0.05) is 54.5 Å². The van der Waals surface area contributed by atoms with Crippen molar-refractivity contribution in [2.24, 2.45) is 0 Å². The molecule has 1 aromatic carbocycles. The third-order valence-electron chi connectivity index (χ3n) is 6.02. The molecule has 0 bridgehead atoms. The zero-order valence-corrected chi connectivity index (χ0v) is 17.1. The SMILES string of the molecule is O=C(NC1CCCCCCC1)N1CCN(c2ccnc3cc(Cl)ccc23)CC1. The van der Waals surface area contributed by atoms with Gasteiger partial charge in [-0.2, -0.15) is 0 Å². The second kappa shape index (κ2) is 8.99. The molecule has 1 aliphatic carbocycles. The number of amides is 2. The maximum atomic E-state index is 12.7. The number of halogens is 1. The lowest BCUT2D eigenvalue weighted by Crippen LogP contribution is -2.53. The number of pyridine rings is 1. The molecule has 2 aliphatic rings. The summed E-state index contributed by atoms with van der Waals surface area (Å²) in [6.45, 7) is 3.16. The molecular weight excluding hydrogens is 372 g/mol. The topological polar surface area (TPSA) is 48.5 Å². The summed E-state index contributed by atoms with van der Waals surface area (Å²) < 4.78 is 0. The number of anilines is 1. The summed E-state index contributed by atoms with van der Waals surface area (Å²) in [5.41, 5.74) is 2.08. The highest BCUT2D eigenvalue weighted by atomic mass is 35.5. The molecule has 2 heterocycles. The van der Waals surface area contributed by atoms with Gasteiger partial charge >= 0.3 is 6.03 Å². The van der Waals surface area contributed by atoms with Crippen LogP contribution in [0.3, 0.4) is 0 Å². The summed E-state index contributed by atoms with van der Waals surface area (Å²) in [4.78, 5) is 21.5. The fourth-order valence-electron chi connectivity index (χ4n) is 4.40. The molecule has 1 saturated carbocycles. The van der Waals surface area contributed by atoms with Crippen molar-refractivity contribution in [1.29, 1.82) is 0 Å². The molecule has 2 amide bonds. The van der Waals surface area contributed by atoms with Crippen LogP contribution in [-0.4, -0.2) is 48.1 Å². The Morgan fingerprint density at radius 2 is 1.71 bits per heavy atom. The van der Waals surface area contributed by atoms with Crippen molar-refractivity contribution in [2.45, 2.75) is 51.0 Å². The highest BCUT2D eigenvalue weighted by Gasteiger charge is 2.24. The number of rotatable bonds is 2. The van der Waals surface area contributed by atoms with Gasteiger partial charge in [0.2, 0.25) is 0 Å². The normalized spacial score (nSPS) is 19.3. The van der Waals surface area contributed by atoms with Crippen LogP contribution in [0.15, 0.2) is 30.5 Å². The molecule has 150 valence electrons. The maximum absolute atomic E-state index is 12.7. The Morgan fingerprint density at radius 1 is 1.00 bits per heavy atom. The second-order valence-electron chi connectivity index (χ2n) is 7.96. The molecule has 0 radical (unpaired) electrons. The van der Waals surface area contributed by atoms with E-state index in [0.29, 0.717) is 11.1 Å². The first-order chi connectivity index (χ1) is 13.7. The van der Waals surface area contributed by atoms with Crippen molar-refractivity contribution in [2.75, 3.05) is 31.1 Å². The summed E-state index contributed by atoms with van der Waals surface area (Å²) in [5, 5.41) is 5.10. The number of piperazine rings is 1. The first-order valence-corrected chi connectivity index (χ1v) is 10.9. The van der Waals surface area contributed by atoms with Gasteiger partial charge in [0.1, 0.15) is 0 Å². The van der Waals surface area contributed by atoms with E-state index in [1.165, 1.54) is 37.8 Å². The molecule has 4 rings (SSSR count). The molecule has 0 spiro atoms. The van der Waals surface area contributed by atoms with E-state index in [2.05, 4.69) is 21.3 Å². The number of carbonyl (C=O) groups is 1. The van der Waals surface area contributed by atoms with Gasteiger partial charge in [0.25, 0.3) is 0 Å². The molecule has 1 aliphatic heterocycles. The van der Waals surface area contributed by atoms with Crippen molar-refractivity contribution in [3.05, 3.63) is 35.5 Å². The number of urea groups is 1. The van der Waals surface area contributed by atoms with Crippen LogP contribution >= 0.6 is 11.6 Å². The van der Waals surface area contributed by atoms with Crippen molar-refractivity contribution in [3.63, 3.8) is 0 Å². The number of hydrogen-bond donors (Lipinski definition) is 1. The first kappa shape index (κ1) is 19.3. The van der Waals surface area contributed by atoms with Crippen LogP contribution in [0.25, 0.3) is 10.9 Å². The van der Waals surface area contributed by atoms with Crippen LogP contribution < -0.4 is 10.2 Å². The van der Waals surface area contributed by atoms with Crippen LogP contribution in [0.4, 0.5) is 10.5 Å². The minimum absolute atomic E-state index is 0.108. The maximum Gasteiger partial charge on any atom is 0.317 e. The van der Waals surface area contributed by atoms with E-state index in [-0.39, 0.29) is 6.03 Å².